The lowest BCUT2D eigenvalue weighted by molar-refractivity contribution is 0.354. The first-order chi connectivity index (χ1) is 19.4. The van der Waals surface area contributed by atoms with Crippen molar-refractivity contribution in [2.45, 2.75) is 49.0 Å². The van der Waals surface area contributed by atoms with Crippen LogP contribution >= 0.6 is 0 Å². The van der Waals surface area contributed by atoms with Crippen molar-refractivity contribution < 1.29 is 17.9 Å². The van der Waals surface area contributed by atoms with Gasteiger partial charge in [-0.25, -0.2) is 12.7 Å². The fraction of sp³-hybridized carbons (Fsp3) is 0.281. The van der Waals surface area contributed by atoms with E-state index in [9.17, 15) is 8.42 Å². The quantitative estimate of drug-likeness (QED) is 0.287. The number of aryl methyl sites for hydroxylation is 1. The normalized spacial score (nSPS) is 18.6. The summed E-state index contributed by atoms with van der Waals surface area (Å²) >= 11 is 0. The third-order valence-corrected chi connectivity index (χ3v) is 10.1. The average Bonchev–Trinajstić information content (AvgIpc) is 3.37. The van der Waals surface area contributed by atoms with Crippen molar-refractivity contribution in [3.8, 4) is 11.5 Å². The molecule has 0 spiro atoms. The number of sulfonamides is 1. The number of ether oxygens (including phenoxy) is 2. The monoisotopic (exact) mass is 555 g/mol. The van der Waals surface area contributed by atoms with Gasteiger partial charge in [0.2, 0.25) is 0 Å². The van der Waals surface area contributed by atoms with Crippen LogP contribution in [0.15, 0.2) is 83.8 Å². The fourth-order valence-corrected chi connectivity index (χ4v) is 7.43. The number of H-pyrrole nitrogens is 1. The van der Waals surface area contributed by atoms with E-state index < -0.39 is 15.4 Å². The molecule has 40 heavy (non-hydrogen) atoms. The number of methoxy groups -OCH3 is 2. The van der Waals surface area contributed by atoms with Crippen molar-refractivity contribution >= 4 is 21.9 Å². The van der Waals surface area contributed by atoms with Gasteiger partial charge in [0.1, 0.15) is 0 Å². The number of allylic oxidation sites excluding steroid dienone is 1. The maximum absolute atomic E-state index is 14.0. The number of nitrogens with one attached hydrogen (secondary N) is 1. The molecule has 0 radical (unpaired) electrons. The molecule has 1 unspecified atom stereocenters. The molecule has 0 bridgehead atoms. The standard InChI is InChI=1S/C32H33N3O4S/c1-22-12-15-26(16-13-22)40(36,37)35(25-10-7-11-25)31-27-18-19-32(21-28(27)33-34-31,23-8-5-4-6-9-23)24-14-17-29(38-2)30(20-24)39-3/h4-6,8-9,12-20,25H,7,10-11,21H2,1-3H3,(H,33,34). The maximum Gasteiger partial charge on any atom is 0.265 e. The molecular formula is C32H33N3O4S. The molecule has 1 aromatic heterocycles. The lowest BCUT2D eigenvalue weighted by atomic mass is 9.68. The molecule has 1 heterocycles. The van der Waals surface area contributed by atoms with Gasteiger partial charge in [-0.15, -0.1) is 0 Å². The van der Waals surface area contributed by atoms with Crippen LogP contribution in [0.25, 0.3) is 6.08 Å². The Morgan fingerprint density at radius 1 is 0.925 bits per heavy atom. The number of fused-ring (bicyclic) bond motifs is 1. The number of aromatic amines is 1. The Balaban J connectivity index is 1.46. The van der Waals surface area contributed by atoms with E-state index in [-0.39, 0.29) is 10.9 Å². The molecule has 2 aliphatic carbocycles. The van der Waals surface area contributed by atoms with Crippen molar-refractivity contribution in [2.24, 2.45) is 0 Å². The number of hydrogen-bond donors (Lipinski definition) is 1. The van der Waals surface area contributed by atoms with Crippen LogP contribution in [0.5, 0.6) is 11.5 Å². The lowest BCUT2D eigenvalue weighted by Crippen LogP contribution is -2.45. The molecule has 1 fully saturated rings. The van der Waals surface area contributed by atoms with Gasteiger partial charge in [-0.05, 0) is 61.6 Å². The molecule has 0 amide bonds. The summed E-state index contributed by atoms with van der Waals surface area (Å²) in [7, 11) is -0.535. The number of rotatable bonds is 8. The highest BCUT2D eigenvalue weighted by molar-refractivity contribution is 7.92. The number of hydrogen-bond acceptors (Lipinski definition) is 5. The van der Waals surface area contributed by atoms with Gasteiger partial charge in [-0.3, -0.25) is 5.10 Å². The summed E-state index contributed by atoms with van der Waals surface area (Å²) in [6.07, 6.45) is 7.41. The summed E-state index contributed by atoms with van der Waals surface area (Å²) in [5.74, 6) is 1.78. The van der Waals surface area contributed by atoms with Gasteiger partial charge in [0.25, 0.3) is 10.0 Å². The molecule has 7 nitrogen and oxygen atoms in total. The first-order valence-corrected chi connectivity index (χ1v) is 15.0. The Bertz CT molecular complexity index is 1660. The Morgan fingerprint density at radius 2 is 1.65 bits per heavy atom. The van der Waals surface area contributed by atoms with Crippen molar-refractivity contribution in [3.05, 3.63) is 107 Å². The highest BCUT2D eigenvalue weighted by Gasteiger charge is 2.42. The van der Waals surface area contributed by atoms with E-state index >= 15 is 0 Å². The molecule has 1 N–H and O–H groups in total. The highest BCUT2D eigenvalue weighted by atomic mass is 32.2. The number of aromatic nitrogens is 2. The highest BCUT2D eigenvalue weighted by Crippen LogP contribution is 2.46. The minimum atomic E-state index is -3.80. The first kappa shape index (κ1) is 26.2. The van der Waals surface area contributed by atoms with Crippen LogP contribution in [-0.2, 0) is 21.9 Å². The van der Waals surface area contributed by atoms with Gasteiger partial charge in [-0.2, -0.15) is 5.10 Å². The molecule has 0 aliphatic heterocycles. The molecule has 0 saturated heterocycles. The molecule has 3 aromatic carbocycles. The molecule has 206 valence electrons. The first-order valence-electron chi connectivity index (χ1n) is 13.5. The van der Waals surface area contributed by atoms with Crippen molar-refractivity contribution in [1.82, 2.24) is 10.2 Å². The molecule has 4 aromatic rings. The third-order valence-electron chi connectivity index (χ3n) is 8.23. The second-order valence-electron chi connectivity index (χ2n) is 10.6. The minimum absolute atomic E-state index is 0.112. The topological polar surface area (TPSA) is 84.5 Å². The number of nitrogens with zero attached hydrogens (tertiary/aromatic N) is 2. The van der Waals surface area contributed by atoms with Crippen molar-refractivity contribution in [3.63, 3.8) is 0 Å². The van der Waals surface area contributed by atoms with Crippen LogP contribution in [0.1, 0.15) is 47.2 Å². The predicted molar refractivity (Wildman–Crippen MR) is 157 cm³/mol. The van der Waals surface area contributed by atoms with Crippen molar-refractivity contribution in [1.29, 1.82) is 0 Å². The summed E-state index contributed by atoms with van der Waals surface area (Å²) in [5.41, 5.74) is 4.35. The minimum Gasteiger partial charge on any atom is -0.493 e. The van der Waals surface area contributed by atoms with Gasteiger partial charge < -0.3 is 9.47 Å². The van der Waals surface area contributed by atoms with E-state index in [1.165, 1.54) is 0 Å². The SMILES string of the molecule is COc1ccc(C2(c3ccccc3)C=Cc3c(N(C4CCC4)S(=O)(=O)c4ccc(C)cc4)n[nH]c3C2)cc1OC. The molecular weight excluding hydrogens is 522 g/mol. The van der Waals surface area contributed by atoms with E-state index in [2.05, 4.69) is 34.5 Å². The second-order valence-corrected chi connectivity index (χ2v) is 12.4. The Kier molecular flexibility index (Phi) is 6.66. The van der Waals surface area contributed by atoms with Crippen LogP contribution in [0.4, 0.5) is 5.82 Å². The Hall–Kier alpha value is -4.04. The van der Waals surface area contributed by atoms with Gasteiger partial charge in [0.15, 0.2) is 17.3 Å². The number of benzene rings is 3. The van der Waals surface area contributed by atoms with Gasteiger partial charge in [-0.1, -0.05) is 66.2 Å². The Morgan fingerprint density at radius 3 is 2.30 bits per heavy atom. The van der Waals surface area contributed by atoms with Crippen LogP contribution in [-0.4, -0.2) is 38.9 Å². The molecule has 2 aliphatic rings. The van der Waals surface area contributed by atoms with Crippen LogP contribution in [0.3, 0.4) is 0 Å². The molecule has 1 atom stereocenters. The second kappa shape index (κ2) is 10.2. The zero-order valence-corrected chi connectivity index (χ0v) is 23.7. The largest absolute Gasteiger partial charge is 0.493 e. The summed E-state index contributed by atoms with van der Waals surface area (Å²) in [4.78, 5) is 0.283. The smallest absolute Gasteiger partial charge is 0.265 e. The average molecular weight is 556 g/mol. The van der Waals surface area contributed by atoms with Crippen molar-refractivity contribution in [2.75, 3.05) is 18.5 Å². The van der Waals surface area contributed by atoms with E-state index in [4.69, 9.17) is 9.47 Å². The van der Waals surface area contributed by atoms with E-state index in [1.807, 2.05) is 55.5 Å². The molecule has 8 heteroatoms. The summed E-state index contributed by atoms with van der Waals surface area (Å²) < 4.78 is 40.7. The summed E-state index contributed by atoms with van der Waals surface area (Å²) in [5, 5.41) is 7.87. The molecule has 1 saturated carbocycles. The lowest BCUT2D eigenvalue weighted by Gasteiger charge is -2.38. The maximum atomic E-state index is 14.0. The van der Waals surface area contributed by atoms with Crippen LogP contribution < -0.4 is 13.8 Å². The van der Waals surface area contributed by atoms with Crippen LogP contribution in [0.2, 0.25) is 0 Å². The zero-order chi connectivity index (χ0) is 27.9. The predicted octanol–water partition coefficient (Wildman–Crippen LogP) is 6.04. The van der Waals surface area contributed by atoms with Gasteiger partial charge in [0, 0.05) is 29.1 Å². The van der Waals surface area contributed by atoms with Gasteiger partial charge >= 0.3 is 0 Å². The summed E-state index contributed by atoms with van der Waals surface area (Å²) in [6.45, 7) is 1.95. The molecule has 6 rings (SSSR count). The van der Waals surface area contributed by atoms with E-state index in [0.29, 0.717) is 23.7 Å². The Labute approximate surface area is 235 Å². The third kappa shape index (κ3) is 4.27. The fourth-order valence-electron chi connectivity index (χ4n) is 5.76. The zero-order valence-electron chi connectivity index (χ0n) is 22.9. The van der Waals surface area contributed by atoms with Crippen LogP contribution in [0, 0.1) is 6.92 Å². The van der Waals surface area contributed by atoms with E-state index in [1.54, 1.807) is 30.7 Å². The van der Waals surface area contributed by atoms with Gasteiger partial charge in [0.05, 0.1) is 19.1 Å². The summed E-state index contributed by atoms with van der Waals surface area (Å²) in [6, 6.07) is 23.2. The van der Waals surface area contributed by atoms with E-state index in [0.717, 1.165) is 47.2 Å². The number of anilines is 1.